The molecule has 0 saturated carbocycles. The van der Waals surface area contributed by atoms with E-state index in [4.69, 9.17) is 4.74 Å². The van der Waals surface area contributed by atoms with Gasteiger partial charge in [-0.25, -0.2) is 0 Å². The van der Waals surface area contributed by atoms with Crippen molar-refractivity contribution in [1.82, 2.24) is 0 Å². The lowest BCUT2D eigenvalue weighted by Gasteiger charge is -2.35. The largest absolute Gasteiger partial charge is 0.465 e. The van der Waals surface area contributed by atoms with Crippen LogP contribution in [0, 0.1) is 5.92 Å². The topological polar surface area (TPSA) is 43.4 Å². The molecule has 0 aliphatic carbocycles. The van der Waals surface area contributed by atoms with Crippen molar-refractivity contribution in [3.8, 4) is 0 Å². The van der Waals surface area contributed by atoms with E-state index in [-0.39, 0.29) is 12.0 Å². The maximum atomic E-state index is 14.1. The Morgan fingerprint density at radius 1 is 0.848 bits per heavy atom. The van der Waals surface area contributed by atoms with Crippen molar-refractivity contribution in [2.24, 2.45) is 5.92 Å². The second-order valence-corrected chi connectivity index (χ2v) is 7.48. The van der Waals surface area contributed by atoms with Gasteiger partial charge < -0.3 is 4.74 Å². The van der Waals surface area contributed by atoms with Crippen LogP contribution in [0.5, 0.6) is 0 Å². The summed E-state index contributed by atoms with van der Waals surface area (Å²) in [5.41, 5.74) is -0.303. The molecule has 0 saturated heterocycles. The average molecular weight is 494 g/mol. The normalized spacial score (nSPS) is 14.1. The van der Waals surface area contributed by atoms with Gasteiger partial charge in [0.1, 0.15) is 6.61 Å². The summed E-state index contributed by atoms with van der Waals surface area (Å²) in [5, 5.41) is 0. The van der Waals surface area contributed by atoms with Gasteiger partial charge in [-0.2, -0.15) is 39.5 Å². The number of unbranched alkanes of at least 4 members (excludes halogenated alkanes) is 3. The van der Waals surface area contributed by atoms with E-state index in [1.165, 1.54) is 18.2 Å². The smallest absolute Gasteiger partial charge is 0.460 e. The van der Waals surface area contributed by atoms with E-state index in [0.717, 1.165) is 25.0 Å². The number of ketones is 1. The Morgan fingerprint density at radius 3 is 1.94 bits per heavy atom. The van der Waals surface area contributed by atoms with Gasteiger partial charge >= 0.3 is 29.9 Å². The number of rotatable bonds is 13. The molecule has 0 fully saturated rings. The van der Waals surface area contributed by atoms with E-state index in [9.17, 15) is 49.1 Å². The fraction of sp³-hybridized carbons (Fsp3) is 0.619. The number of carbonyl (C=O) groups is 2. The summed E-state index contributed by atoms with van der Waals surface area (Å²) in [6.45, 7) is 0.708. The van der Waals surface area contributed by atoms with Crippen LogP contribution < -0.4 is 0 Å². The standard InChI is InChI=1S/C21H23F9O3/c1-2-3-4-8-11-16(31)33-13-15(17(32)14-9-6-5-7-10-14)12-18(22,23)19(24,25)20(26,27)21(28,29)30/h5-7,9-10,15H,2-4,8,11-13H2,1H3. The van der Waals surface area contributed by atoms with Gasteiger partial charge in [0.2, 0.25) is 0 Å². The molecule has 1 aromatic carbocycles. The Bertz CT molecular complexity index is 777. The molecule has 1 aromatic rings. The van der Waals surface area contributed by atoms with Gasteiger partial charge in [-0.1, -0.05) is 56.5 Å². The van der Waals surface area contributed by atoms with Gasteiger partial charge in [0.15, 0.2) is 5.78 Å². The summed E-state index contributed by atoms with van der Waals surface area (Å²) in [7, 11) is 0. The van der Waals surface area contributed by atoms with Crippen molar-refractivity contribution in [1.29, 1.82) is 0 Å². The van der Waals surface area contributed by atoms with Gasteiger partial charge in [0.25, 0.3) is 0 Å². The van der Waals surface area contributed by atoms with E-state index >= 15 is 0 Å². The average Bonchev–Trinajstić information content (AvgIpc) is 2.73. The first kappa shape index (κ1) is 28.8. The van der Waals surface area contributed by atoms with Crippen LogP contribution in [0.15, 0.2) is 30.3 Å². The number of hydrogen-bond acceptors (Lipinski definition) is 3. The van der Waals surface area contributed by atoms with E-state index in [2.05, 4.69) is 0 Å². The number of ether oxygens (including phenoxy) is 1. The monoisotopic (exact) mass is 494 g/mol. The fourth-order valence-electron chi connectivity index (χ4n) is 2.87. The molecule has 1 rings (SSSR count). The third-order valence-electron chi connectivity index (χ3n) is 4.82. The Morgan fingerprint density at radius 2 is 1.42 bits per heavy atom. The lowest BCUT2D eigenvalue weighted by molar-refractivity contribution is -0.397. The predicted octanol–water partition coefficient (Wildman–Crippen LogP) is 6.86. The summed E-state index contributed by atoms with van der Waals surface area (Å²) in [5.74, 6) is -24.4. The molecule has 0 aliphatic rings. The molecule has 0 heterocycles. The molecule has 0 radical (unpaired) electrons. The van der Waals surface area contributed by atoms with Gasteiger partial charge in [-0.15, -0.1) is 0 Å². The molecule has 0 bridgehead atoms. The molecule has 1 unspecified atom stereocenters. The van der Waals surface area contributed by atoms with E-state index in [0.29, 0.717) is 12.8 Å². The zero-order chi connectivity index (χ0) is 25.5. The van der Waals surface area contributed by atoms with Gasteiger partial charge in [-0.3, -0.25) is 9.59 Å². The third-order valence-corrected chi connectivity index (χ3v) is 4.82. The Labute approximate surface area is 184 Å². The minimum absolute atomic E-state index is 0.176. The van der Waals surface area contributed by atoms with E-state index in [1.54, 1.807) is 0 Å². The molecule has 0 N–H and O–H groups in total. The van der Waals surface area contributed by atoms with Crippen LogP contribution in [0.4, 0.5) is 39.5 Å². The number of benzene rings is 1. The van der Waals surface area contributed by atoms with Crippen LogP contribution in [-0.4, -0.2) is 42.3 Å². The minimum atomic E-state index is -7.07. The minimum Gasteiger partial charge on any atom is -0.465 e. The maximum absolute atomic E-state index is 14.1. The van der Waals surface area contributed by atoms with Crippen LogP contribution in [-0.2, 0) is 9.53 Å². The lowest BCUT2D eigenvalue weighted by atomic mass is 9.88. The first-order chi connectivity index (χ1) is 15.1. The third kappa shape index (κ3) is 7.10. The van der Waals surface area contributed by atoms with Gasteiger partial charge in [0, 0.05) is 18.4 Å². The van der Waals surface area contributed by atoms with Crippen LogP contribution in [0.3, 0.4) is 0 Å². The van der Waals surface area contributed by atoms with Crippen LogP contribution >= 0.6 is 0 Å². The summed E-state index contributed by atoms with van der Waals surface area (Å²) in [4.78, 5) is 24.3. The van der Waals surface area contributed by atoms with Crippen molar-refractivity contribution < 1.29 is 53.8 Å². The number of alkyl halides is 9. The SMILES string of the molecule is CCCCCCC(=O)OCC(CC(F)(F)C(F)(F)C(F)(F)C(F)(F)F)C(=O)c1ccccc1. The second-order valence-electron chi connectivity index (χ2n) is 7.48. The lowest BCUT2D eigenvalue weighted by Crippen LogP contribution is -2.61. The number of esters is 1. The quantitative estimate of drug-likeness (QED) is 0.130. The van der Waals surface area contributed by atoms with Crippen LogP contribution in [0.2, 0.25) is 0 Å². The van der Waals surface area contributed by atoms with E-state index in [1.807, 2.05) is 6.92 Å². The highest BCUT2D eigenvalue weighted by Crippen LogP contribution is 2.54. The summed E-state index contributed by atoms with van der Waals surface area (Å²) in [6.07, 6.45) is -6.92. The summed E-state index contributed by atoms with van der Waals surface area (Å²) < 4.78 is 124. The Kier molecular flexibility index (Phi) is 9.79. The van der Waals surface area contributed by atoms with Crippen molar-refractivity contribution in [3.63, 3.8) is 0 Å². The number of halogens is 9. The molecule has 3 nitrogen and oxygen atoms in total. The van der Waals surface area contributed by atoms with Crippen molar-refractivity contribution in [2.45, 2.75) is 69.4 Å². The Hall–Kier alpha value is -2.27. The van der Waals surface area contributed by atoms with Crippen molar-refractivity contribution >= 4 is 11.8 Å². The maximum Gasteiger partial charge on any atom is 0.460 e. The number of Topliss-reactive ketones (excluding diaryl/α,β-unsaturated/α-hetero) is 1. The van der Waals surface area contributed by atoms with E-state index < -0.39 is 54.6 Å². The molecule has 0 amide bonds. The first-order valence-corrected chi connectivity index (χ1v) is 10.0. The van der Waals surface area contributed by atoms with Crippen molar-refractivity contribution in [2.75, 3.05) is 6.61 Å². The highest BCUT2D eigenvalue weighted by atomic mass is 19.4. The Balaban J connectivity index is 3.10. The fourth-order valence-corrected chi connectivity index (χ4v) is 2.87. The van der Waals surface area contributed by atoms with Crippen molar-refractivity contribution in [3.05, 3.63) is 35.9 Å². The first-order valence-electron chi connectivity index (χ1n) is 10.0. The number of hydrogen-bond donors (Lipinski definition) is 0. The van der Waals surface area contributed by atoms with Crippen LogP contribution in [0.1, 0.15) is 55.8 Å². The molecule has 33 heavy (non-hydrogen) atoms. The van der Waals surface area contributed by atoms with Gasteiger partial charge in [0.05, 0.1) is 5.92 Å². The molecule has 0 aromatic heterocycles. The molecule has 188 valence electrons. The van der Waals surface area contributed by atoms with Crippen LogP contribution in [0.25, 0.3) is 0 Å². The van der Waals surface area contributed by atoms with Gasteiger partial charge in [-0.05, 0) is 6.42 Å². The molecule has 12 heteroatoms. The summed E-state index contributed by atoms with van der Waals surface area (Å²) >= 11 is 0. The molecular weight excluding hydrogens is 471 g/mol. The molecule has 1 atom stereocenters. The highest BCUT2D eigenvalue weighted by Gasteiger charge is 2.81. The molecule has 0 spiro atoms. The predicted molar refractivity (Wildman–Crippen MR) is 99.5 cm³/mol. The zero-order valence-corrected chi connectivity index (χ0v) is 17.5. The second kappa shape index (κ2) is 11.2. The number of carbonyl (C=O) groups excluding carboxylic acids is 2. The molecular formula is C21H23F9O3. The molecule has 0 aliphatic heterocycles. The summed E-state index contributed by atoms with van der Waals surface area (Å²) in [6, 6.07) is 6.20. The zero-order valence-electron chi connectivity index (χ0n) is 17.5. The highest BCUT2D eigenvalue weighted by molar-refractivity contribution is 5.98.